The van der Waals surface area contributed by atoms with Crippen LogP contribution in [0.2, 0.25) is 0 Å². The van der Waals surface area contributed by atoms with Gasteiger partial charge in [-0.2, -0.15) is 0 Å². The van der Waals surface area contributed by atoms with Gasteiger partial charge in [-0.05, 0) is 57.0 Å². The van der Waals surface area contributed by atoms with E-state index in [2.05, 4.69) is 10.2 Å². The maximum Gasteiger partial charge on any atom is 0.226 e. The molecule has 1 spiro atoms. The highest BCUT2D eigenvalue weighted by Gasteiger charge is 2.59. The summed E-state index contributed by atoms with van der Waals surface area (Å²) in [4.78, 5) is 15.1. The number of hydrogen-bond donors (Lipinski definition) is 1. The lowest BCUT2D eigenvalue weighted by atomic mass is 9.91. The number of ether oxygens (including phenoxy) is 1. The molecule has 2 unspecified atom stereocenters. The van der Waals surface area contributed by atoms with E-state index in [0.29, 0.717) is 29.2 Å². The number of amides is 1. The van der Waals surface area contributed by atoms with Crippen molar-refractivity contribution >= 4 is 18.3 Å². The predicted octanol–water partition coefficient (Wildman–Crippen LogP) is 1.83. The van der Waals surface area contributed by atoms with Crippen molar-refractivity contribution in [2.75, 3.05) is 32.8 Å². The molecule has 2 aliphatic carbocycles. The third-order valence-electron chi connectivity index (χ3n) is 5.84. The summed E-state index contributed by atoms with van der Waals surface area (Å²) in [5.74, 6) is 1.40. The van der Waals surface area contributed by atoms with Crippen molar-refractivity contribution in [3.63, 3.8) is 0 Å². The molecule has 0 aromatic heterocycles. The van der Waals surface area contributed by atoms with Crippen LogP contribution >= 0.6 is 12.4 Å². The molecular formula is C16H27ClN2O2. The van der Waals surface area contributed by atoms with E-state index in [0.717, 1.165) is 45.7 Å². The zero-order valence-electron chi connectivity index (χ0n) is 12.7. The fraction of sp³-hybridized carbons (Fsp3) is 0.938. The third-order valence-corrected chi connectivity index (χ3v) is 5.84. The first-order valence-electron chi connectivity index (χ1n) is 8.37. The lowest BCUT2D eigenvalue weighted by Gasteiger charge is -2.28. The van der Waals surface area contributed by atoms with Crippen molar-refractivity contribution < 1.29 is 9.53 Å². The smallest absolute Gasteiger partial charge is 0.226 e. The molecular weight excluding hydrogens is 288 g/mol. The van der Waals surface area contributed by atoms with Crippen molar-refractivity contribution in [1.82, 2.24) is 10.2 Å². The number of hydrogen-bond acceptors (Lipinski definition) is 3. The Bertz CT molecular complexity index is 388. The van der Waals surface area contributed by atoms with E-state index < -0.39 is 0 Å². The van der Waals surface area contributed by atoms with Crippen LogP contribution in [-0.4, -0.2) is 49.7 Å². The van der Waals surface area contributed by atoms with Crippen molar-refractivity contribution in [3.8, 4) is 0 Å². The first kappa shape index (κ1) is 15.6. The minimum absolute atomic E-state index is 0. The number of piperidine rings is 1. The summed E-state index contributed by atoms with van der Waals surface area (Å²) in [6, 6.07) is 0.558. The van der Waals surface area contributed by atoms with Gasteiger partial charge >= 0.3 is 0 Å². The Morgan fingerprint density at radius 1 is 1.24 bits per heavy atom. The minimum atomic E-state index is 0. The first-order valence-corrected chi connectivity index (χ1v) is 8.37. The molecule has 1 amide bonds. The van der Waals surface area contributed by atoms with Crippen LogP contribution in [0.4, 0.5) is 0 Å². The molecule has 2 aliphatic heterocycles. The molecule has 0 aromatic carbocycles. The van der Waals surface area contributed by atoms with E-state index in [-0.39, 0.29) is 12.4 Å². The Labute approximate surface area is 133 Å². The SMILES string of the molecule is Cl.O=C(C1CC12CCNCC2)N(CC1CCOC1)C1CC1. The fourth-order valence-electron chi connectivity index (χ4n) is 4.18. The Morgan fingerprint density at radius 3 is 2.62 bits per heavy atom. The zero-order valence-corrected chi connectivity index (χ0v) is 13.5. The lowest BCUT2D eigenvalue weighted by Crippen LogP contribution is -2.40. The molecule has 120 valence electrons. The van der Waals surface area contributed by atoms with Gasteiger partial charge in [0.1, 0.15) is 0 Å². The number of carbonyl (C=O) groups excluding carboxylic acids is 1. The molecule has 0 radical (unpaired) electrons. The third kappa shape index (κ3) is 3.08. The summed E-state index contributed by atoms with van der Waals surface area (Å²) >= 11 is 0. The second-order valence-corrected chi connectivity index (χ2v) is 7.32. The van der Waals surface area contributed by atoms with Crippen LogP contribution in [0.5, 0.6) is 0 Å². The highest BCUT2D eigenvalue weighted by molar-refractivity contribution is 5.85. The molecule has 21 heavy (non-hydrogen) atoms. The summed E-state index contributed by atoms with van der Waals surface area (Å²) in [7, 11) is 0. The minimum Gasteiger partial charge on any atom is -0.381 e. The van der Waals surface area contributed by atoms with E-state index in [4.69, 9.17) is 4.74 Å². The molecule has 2 atom stereocenters. The molecule has 5 heteroatoms. The van der Waals surface area contributed by atoms with Gasteiger partial charge in [-0.15, -0.1) is 12.4 Å². The Balaban J connectivity index is 0.00000132. The number of rotatable bonds is 4. The largest absolute Gasteiger partial charge is 0.381 e. The van der Waals surface area contributed by atoms with E-state index >= 15 is 0 Å². The van der Waals surface area contributed by atoms with Crippen molar-refractivity contribution in [1.29, 1.82) is 0 Å². The second-order valence-electron chi connectivity index (χ2n) is 7.32. The molecule has 4 nitrogen and oxygen atoms in total. The first-order chi connectivity index (χ1) is 9.78. The summed E-state index contributed by atoms with van der Waals surface area (Å²) in [6.45, 7) is 4.90. The average molecular weight is 315 g/mol. The Morgan fingerprint density at radius 2 is 2.00 bits per heavy atom. The molecule has 4 fully saturated rings. The summed E-state index contributed by atoms with van der Waals surface area (Å²) < 4.78 is 5.48. The van der Waals surface area contributed by atoms with Gasteiger partial charge in [-0.25, -0.2) is 0 Å². The zero-order chi connectivity index (χ0) is 13.6. The normalized spacial score (nSPS) is 33.5. The Kier molecular flexibility index (Phi) is 4.49. The summed E-state index contributed by atoms with van der Waals surface area (Å²) in [6.07, 6.45) is 7.14. The molecule has 2 heterocycles. The van der Waals surface area contributed by atoms with Crippen LogP contribution in [0.15, 0.2) is 0 Å². The molecule has 2 saturated heterocycles. The lowest BCUT2D eigenvalue weighted by molar-refractivity contribution is -0.134. The monoisotopic (exact) mass is 314 g/mol. The highest BCUT2D eigenvalue weighted by atomic mass is 35.5. The predicted molar refractivity (Wildman–Crippen MR) is 83.6 cm³/mol. The van der Waals surface area contributed by atoms with Crippen LogP contribution in [-0.2, 0) is 9.53 Å². The van der Waals surface area contributed by atoms with E-state index in [1.807, 2.05) is 0 Å². The van der Waals surface area contributed by atoms with Gasteiger partial charge in [0.15, 0.2) is 0 Å². The van der Waals surface area contributed by atoms with Crippen molar-refractivity contribution in [2.24, 2.45) is 17.3 Å². The molecule has 4 aliphatic rings. The summed E-state index contributed by atoms with van der Waals surface area (Å²) in [5, 5.41) is 3.42. The Hall–Kier alpha value is -0.320. The van der Waals surface area contributed by atoms with Gasteiger partial charge < -0.3 is 15.0 Å². The van der Waals surface area contributed by atoms with Gasteiger partial charge in [-0.1, -0.05) is 0 Å². The van der Waals surface area contributed by atoms with Crippen LogP contribution in [0.25, 0.3) is 0 Å². The fourth-order valence-corrected chi connectivity index (χ4v) is 4.18. The number of carbonyl (C=O) groups is 1. The highest BCUT2D eigenvalue weighted by Crippen LogP contribution is 2.59. The van der Waals surface area contributed by atoms with Crippen molar-refractivity contribution in [3.05, 3.63) is 0 Å². The molecule has 2 saturated carbocycles. The van der Waals surface area contributed by atoms with Gasteiger partial charge in [0, 0.05) is 31.0 Å². The average Bonchev–Trinajstić information content (AvgIpc) is 3.37. The van der Waals surface area contributed by atoms with Gasteiger partial charge in [0.2, 0.25) is 5.91 Å². The van der Waals surface area contributed by atoms with Crippen molar-refractivity contribution in [2.45, 2.75) is 44.6 Å². The van der Waals surface area contributed by atoms with Crippen LogP contribution in [0, 0.1) is 17.3 Å². The molecule has 4 rings (SSSR count). The maximum absolute atomic E-state index is 12.9. The van der Waals surface area contributed by atoms with Gasteiger partial charge in [-0.3, -0.25) is 4.79 Å². The van der Waals surface area contributed by atoms with Gasteiger partial charge in [0.05, 0.1) is 6.61 Å². The number of nitrogens with one attached hydrogen (secondary N) is 1. The summed E-state index contributed by atoms with van der Waals surface area (Å²) in [5.41, 5.74) is 0.377. The number of halogens is 1. The maximum atomic E-state index is 12.9. The standard InChI is InChI=1S/C16H26N2O2.ClH/c19-15(14-9-16(14)4-6-17-7-5-16)18(13-1-2-13)10-12-3-8-20-11-12;/h12-14,17H,1-11H2;1H. The van der Waals surface area contributed by atoms with Crippen LogP contribution in [0.1, 0.15) is 38.5 Å². The van der Waals surface area contributed by atoms with Crippen LogP contribution in [0.3, 0.4) is 0 Å². The molecule has 1 N–H and O–H groups in total. The second kappa shape index (κ2) is 6.05. The molecule has 0 bridgehead atoms. The van der Waals surface area contributed by atoms with Gasteiger partial charge in [0.25, 0.3) is 0 Å². The molecule has 0 aromatic rings. The number of nitrogens with zero attached hydrogens (tertiary/aromatic N) is 1. The van der Waals surface area contributed by atoms with E-state index in [1.54, 1.807) is 0 Å². The quantitative estimate of drug-likeness (QED) is 0.860. The van der Waals surface area contributed by atoms with E-state index in [1.165, 1.54) is 25.7 Å². The topological polar surface area (TPSA) is 41.6 Å². The van der Waals surface area contributed by atoms with E-state index in [9.17, 15) is 4.79 Å². The van der Waals surface area contributed by atoms with Crippen LogP contribution < -0.4 is 5.32 Å².